The Kier molecular flexibility index (Phi) is 5.14. The molecule has 0 amide bonds. The summed E-state index contributed by atoms with van der Waals surface area (Å²) in [5, 5.41) is 8.65. The molecule has 7 aromatic rings. The van der Waals surface area contributed by atoms with E-state index in [0.717, 1.165) is 49.2 Å². The molecule has 7 rings (SSSR count). The van der Waals surface area contributed by atoms with Crippen LogP contribution in [0.4, 0.5) is 0 Å². The van der Waals surface area contributed by atoms with Gasteiger partial charge in [-0.1, -0.05) is 84.9 Å². The number of benzene rings is 7. The van der Waals surface area contributed by atoms with Crippen LogP contribution in [-0.4, -0.2) is 8.76 Å². The normalized spacial score (nSPS) is 12.5. The van der Waals surface area contributed by atoms with E-state index in [9.17, 15) is 8.76 Å². The lowest BCUT2D eigenvalue weighted by molar-refractivity contribution is 0.565. The Bertz CT molecular complexity index is 1990. The van der Waals surface area contributed by atoms with E-state index in [2.05, 4.69) is 78.9 Å². The van der Waals surface area contributed by atoms with E-state index in [1.807, 2.05) is 48.5 Å². The fourth-order valence-electron chi connectivity index (χ4n) is 5.48. The molecule has 0 aromatic heterocycles. The third-order valence-corrected chi connectivity index (χ3v) is 7.96. The van der Waals surface area contributed by atoms with Crippen molar-refractivity contribution in [3.8, 4) is 22.3 Å². The van der Waals surface area contributed by atoms with Crippen molar-refractivity contribution >= 4 is 54.2 Å². The largest absolute Gasteiger partial charge is 0.302 e. The Balaban J connectivity index is 1.60. The number of rotatable bonds is 3. The predicted molar refractivity (Wildman–Crippen MR) is 156 cm³/mol. The zero-order valence-electron chi connectivity index (χ0n) is 19.9. The first-order chi connectivity index (χ1) is 18.2. The molecular formula is C34H22O2S. The fraction of sp³-hybridized carbons (Fsp3) is 0. The number of hydrogen-bond acceptors (Lipinski definition) is 1. The summed E-state index contributed by atoms with van der Waals surface area (Å²) >= 11 is -2.19. The highest BCUT2D eigenvalue weighted by Gasteiger charge is 2.21. The molecule has 0 saturated carbocycles. The van der Waals surface area contributed by atoms with E-state index in [0.29, 0.717) is 4.90 Å². The maximum Gasteiger partial charge on any atom is 0.187 e. The highest BCUT2D eigenvalue weighted by molar-refractivity contribution is 7.79. The first-order valence-corrected chi connectivity index (χ1v) is 13.4. The molecule has 2 nitrogen and oxygen atoms in total. The van der Waals surface area contributed by atoms with Gasteiger partial charge in [-0.2, -0.15) is 0 Å². The summed E-state index contributed by atoms with van der Waals surface area (Å²) in [6, 6.07) is 43.6. The van der Waals surface area contributed by atoms with Crippen LogP contribution < -0.4 is 0 Å². The second kappa shape index (κ2) is 8.67. The lowest BCUT2D eigenvalue weighted by Gasteiger charge is -2.18. The molecule has 0 bridgehead atoms. The van der Waals surface area contributed by atoms with Gasteiger partial charge in [0.05, 0.1) is 4.90 Å². The van der Waals surface area contributed by atoms with E-state index < -0.39 is 11.1 Å². The molecule has 0 spiro atoms. The molecule has 7 aromatic carbocycles. The van der Waals surface area contributed by atoms with Gasteiger partial charge in [-0.3, -0.25) is 0 Å². The molecule has 37 heavy (non-hydrogen) atoms. The molecule has 0 radical (unpaired) electrons. The third kappa shape index (κ3) is 3.72. The van der Waals surface area contributed by atoms with Crippen LogP contribution in [0.15, 0.2) is 132 Å². The fourth-order valence-corrected chi connectivity index (χ4v) is 6.25. The quantitative estimate of drug-likeness (QED) is 0.196. The molecule has 0 aliphatic heterocycles. The number of hydrogen-bond donors (Lipinski definition) is 1. The van der Waals surface area contributed by atoms with Crippen LogP contribution in [0.1, 0.15) is 0 Å². The van der Waals surface area contributed by atoms with E-state index in [4.69, 9.17) is 0 Å². The van der Waals surface area contributed by atoms with Crippen molar-refractivity contribution in [1.82, 2.24) is 0 Å². The summed E-state index contributed by atoms with van der Waals surface area (Å²) in [5.74, 6) is 0. The zero-order chi connectivity index (χ0) is 24.9. The molecule has 0 aliphatic rings. The van der Waals surface area contributed by atoms with Crippen molar-refractivity contribution in [1.29, 1.82) is 0 Å². The van der Waals surface area contributed by atoms with Crippen LogP contribution in [0.5, 0.6) is 0 Å². The van der Waals surface area contributed by atoms with E-state index in [1.165, 1.54) is 16.2 Å². The Morgan fingerprint density at radius 3 is 1.49 bits per heavy atom. The van der Waals surface area contributed by atoms with Crippen LogP contribution in [-0.2, 0) is 11.1 Å². The highest BCUT2D eigenvalue weighted by atomic mass is 32.2. The molecular weight excluding hydrogens is 472 g/mol. The van der Waals surface area contributed by atoms with Crippen molar-refractivity contribution in [3.05, 3.63) is 127 Å². The van der Waals surface area contributed by atoms with Gasteiger partial charge in [0.2, 0.25) is 0 Å². The van der Waals surface area contributed by atoms with Crippen LogP contribution in [0.25, 0.3) is 65.3 Å². The molecule has 1 atom stereocenters. The SMILES string of the molecule is O=S(O)c1c(-c2ccccc2)c(-c2ccccc2)cc2cc3cc4cc5ccccc5cc4cc3cc12. The lowest BCUT2D eigenvalue weighted by Crippen LogP contribution is -1.98. The molecule has 0 heterocycles. The molecule has 3 heteroatoms. The Hall–Kier alpha value is -4.31. The van der Waals surface area contributed by atoms with E-state index >= 15 is 0 Å². The van der Waals surface area contributed by atoms with E-state index in [1.54, 1.807) is 0 Å². The van der Waals surface area contributed by atoms with Crippen LogP contribution in [0.2, 0.25) is 0 Å². The average Bonchev–Trinajstić information content (AvgIpc) is 2.93. The van der Waals surface area contributed by atoms with Crippen LogP contribution in [0, 0.1) is 0 Å². The minimum absolute atomic E-state index is 0.447. The van der Waals surface area contributed by atoms with Gasteiger partial charge in [-0.25, -0.2) is 4.21 Å². The van der Waals surface area contributed by atoms with Crippen molar-refractivity contribution in [3.63, 3.8) is 0 Å². The molecule has 0 aliphatic carbocycles. The van der Waals surface area contributed by atoms with Crippen LogP contribution in [0.3, 0.4) is 0 Å². The number of fused-ring (bicyclic) bond motifs is 4. The zero-order valence-corrected chi connectivity index (χ0v) is 20.7. The molecule has 1 unspecified atom stereocenters. The Morgan fingerprint density at radius 1 is 0.459 bits per heavy atom. The second-order valence-electron chi connectivity index (χ2n) is 9.43. The first kappa shape index (κ1) is 21.9. The van der Waals surface area contributed by atoms with Crippen LogP contribution >= 0.6 is 0 Å². The minimum atomic E-state index is -2.19. The first-order valence-electron chi connectivity index (χ1n) is 12.2. The second-order valence-corrected chi connectivity index (χ2v) is 10.3. The monoisotopic (exact) mass is 494 g/mol. The summed E-state index contributed by atoms with van der Waals surface area (Å²) in [4.78, 5) is 0.447. The molecule has 0 fully saturated rings. The average molecular weight is 495 g/mol. The van der Waals surface area contributed by atoms with Gasteiger partial charge in [0.1, 0.15) is 0 Å². The van der Waals surface area contributed by atoms with Gasteiger partial charge in [0, 0.05) is 10.9 Å². The van der Waals surface area contributed by atoms with Gasteiger partial charge < -0.3 is 4.55 Å². The van der Waals surface area contributed by atoms with Gasteiger partial charge in [-0.05, 0) is 96.9 Å². The van der Waals surface area contributed by atoms with Crippen molar-refractivity contribution in [2.45, 2.75) is 4.90 Å². The molecule has 176 valence electrons. The highest BCUT2D eigenvalue weighted by Crippen LogP contribution is 2.42. The predicted octanol–water partition coefficient (Wildman–Crippen LogP) is 9.21. The standard InChI is InChI=1S/C34H22O2S/c35-37(36)34-32-20-29-18-27-16-25-14-8-7-13-24(25)15-26(27)17-28(29)19-30(32)21-31(22-9-3-1-4-10-22)33(34)23-11-5-2-6-12-23/h1-21H,(H,35,36). The maximum atomic E-state index is 13.0. The summed E-state index contributed by atoms with van der Waals surface area (Å²) in [7, 11) is 0. The van der Waals surface area contributed by atoms with Gasteiger partial charge in [-0.15, -0.1) is 0 Å². The minimum Gasteiger partial charge on any atom is -0.302 e. The summed E-state index contributed by atoms with van der Waals surface area (Å²) in [5.41, 5.74) is 3.68. The Labute approximate surface area is 217 Å². The summed E-state index contributed by atoms with van der Waals surface area (Å²) in [6.07, 6.45) is 0. The van der Waals surface area contributed by atoms with E-state index in [-0.39, 0.29) is 0 Å². The lowest BCUT2D eigenvalue weighted by atomic mass is 9.90. The van der Waals surface area contributed by atoms with Gasteiger partial charge >= 0.3 is 0 Å². The van der Waals surface area contributed by atoms with Gasteiger partial charge in [0.15, 0.2) is 11.1 Å². The molecule has 1 N–H and O–H groups in total. The molecule has 0 saturated heterocycles. The van der Waals surface area contributed by atoms with Crippen molar-refractivity contribution in [2.24, 2.45) is 0 Å². The smallest absolute Gasteiger partial charge is 0.187 e. The van der Waals surface area contributed by atoms with Gasteiger partial charge in [0.25, 0.3) is 0 Å². The van der Waals surface area contributed by atoms with Crippen molar-refractivity contribution in [2.75, 3.05) is 0 Å². The maximum absolute atomic E-state index is 13.0. The summed E-state index contributed by atoms with van der Waals surface area (Å²) < 4.78 is 23.7. The Morgan fingerprint density at radius 2 is 0.919 bits per heavy atom. The van der Waals surface area contributed by atoms with Crippen molar-refractivity contribution < 1.29 is 8.76 Å². The topological polar surface area (TPSA) is 37.3 Å². The third-order valence-electron chi connectivity index (χ3n) is 7.19. The summed E-state index contributed by atoms with van der Waals surface area (Å²) in [6.45, 7) is 0.